The van der Waals surface area contributed by atoms with Crippen molar-refractivity contribution in [2.45, 2.75) is 25.1 Å². The molecule has 1 aromatic rings. The maximum Gasteiger partial charge on any atom is 0.151 e. The molecule has 1 fully saturated rings. The lowest BCUT2D eigenvalue weighted by atomic mass is 10.2. The summed E-state index contributed by atoms with van der Waals surface area (Å²) in [4.78, 5) is 4.06. The average molecular weight is 326 g/mol. The summed E-state index contributed by atoms with van der Waals surface area (Å²) < 4.78 is 23.0. The fourth-order valence-electron chi connectivity index (χ4n) is 2.98. The number of sulfone groups is 1. The normalized spacial score (nSPS) is 22.3. The van der Waals surface area contributed by atoms with Gasteiger partial charge in [-0.1, -0.05) is 30.3 Å². The van der Waals surface area contributed by atoms with Crippen molar-refractivity contribution in [3.05, 3.63) is 35.9 Å². The monoisotopic (exact) mass is 326 g/mol. The Kier molecular flexibility index (Phi) is 5.97. The van der Waals surface area contributed by atoms with Crippen molar-refractivity contribution in [1.82, 2.24) is 9.80 Å². The Bertz CT molecular complexity index is 562. The summed E-state index contributed by atoms with van der Waals surface area (Å²) in [6, 6.07) is 10.2. The van der Waals surface area contributed by atoms with E-state index in [9.17, 15) is 13.5 Å². The van der Waals surface area contributed by atoms with Crippen LogP contribution in [0.3, 0.4) is 0 Å². The third kappa shape index (κ3) is 5.35. The third-order valence-corrected chi connectivity index (χ3v) is 5.90. The Hall–Kier alpha value is -0.950. The van der Waals surface area contributed by atoms with E-state index in [-0.39, 0.29) is 17.5 Å². The fourth-order valence-corrected chi connectivity index (χ4v) is 4.79. The molecule has 1 N–H and O–H groups in total. The fraction of sp³-hybridized carbons (Fsp3) is 0.625. The molecule has 5 nitrogen and oxygen atoms in total. The predicted molar refractivity (Wildman–Crippen MR) is 88.5 cm³/mol. The van der Waals surface area contributed by atoms with Gasteiger partial charge < -0.3 is 5.11 Å². The second-order valence-electron chi connectivity index (χ2n) is 6.33. The molecule has 124 valence electrons. The standard InChI is InChI=1S/C16H26N2O3S/c1-17(10-14-6-4-3-5-7-14)11-16(19)12-18(2)15-8-9-22(20,21)13-15/h3-7,15-16,19H,8-13H2,1-2H3. The lowest BCUT2D eigenvalue weighted by Gasteiger charge is -2.28. The molecule has 1 aliphatic rings. The van der Waals surface area contributed by atoms with Gasteiger partial charge in [0.15, 0.2) is 9.84 Å². The molecule has 0 bridgehead atoms. The van der Waals surface area contributed by atoms with Gasteiger partial charge in [0.05, 0.1) is 17.6 Å². The van der Waals surface area contributed by atoms with Gasteiger partial charge in [-0.25, -0.2) is 8.42 Å². The first-order valence-electron chi connectivity index (χ1n) is 7.67. The molecule has 0 saturated carbocycles. The number of hydrogen-bond acceptors (Lipinski definition) is 5. The van der Waals surface area contributed by atoms with Crippen molar-refractivity contribution in [2.75, 3.05) is 38.7 Å². The molecule has 1 aliphatic heterocycles. The first-order chi connectivity index (χ1) is 10.4. The highest BCUT2D eigenvalue weighted by Gasteiger charge is 2.31. The molecular formula is C16H26N2O3S. The Labute approximate surface area is 133 Å². The average Bonchev–Trinajstić information content (AvgIpc) is 2.80. The molecule has 22 heavy (non-hydrogen) atoms. The van der Waals surface area contributed by atoms with Crippen LogP contribution in [0.2, 0.25) is 0 Å². The number of nitrogens with zero attached hydrogens (tertiary/aromatic N) is 2. The minimum atomic E-state index is -2.87. The maximum atomic E-state index is 11.5. The van der Waals surface area contributed by atoms with Gasteiger partial charge >= 0.3 is 0 Å². The molecule has 1 aromatic carbocycles. The van der Waals surface area contributed by atoms with E-state index < -0.39 is 15.9 Å². The van der Waals surface area contributed by atoms with E-state index >= 15 is 0 Å². The van der Waals surface area contributed by atoms with Gasteiger partial charge in [-0.15, -0.1) is 0 Å². The Morgan fingerprint density at radius 3 is 2.50 bits per heavy atom. The maximum absolute atomic E-state index is 11.5. The smallest absolute Gasteiger partial charge is 0.151 e. The molecule has 0 amide bonds. The molecule has 1 saturated heterocycles. The summed E-state index contributed by atoms with van der Waals surface area (Å²) in [5, 5.41) is 10.2. The molecule has 0 aliphatic carbocycles. The molecule has 0 spiro atoms. The SMILES string of the molecule is CN(Cc1ccccc1)CC(O)CN(C)C1CCS(=O)(=O)C1. The summed E-state index contributed by atoms with van der Waals surface area (Å²) in [6.07, 6.45) is 0.188. The topological polar surface area (TPSA) is 60.9 Å². The van der Waals surface area contributed by atoms with E-state index in [1.807, 2.05) is 37.2 Å². The third-order valence-electron chi connectivity index (χ3n) is 4.15. The van der Waals surface area contributed by atoms with Crippen LogP contribution in [0.15, 0.2) is 30.3 Å². The number of likely N-dealkylation sites (N-methyl/N-ethyl adjacent to an activating group) is 2. The van der Waals surface area contributed by atoms with Crippen LogP contribution in [0.5, 0.6) is 0 Å². The molecule has 0 aromatic heterocycles. The highest BCUT2D eigenvalue weighted by atomic mass is 32.2. The second kappa shape index (κ2) is 7.55. The van der Waals surface area contributed by atoms with Crippen LogP contribution >= 0.6 is 0 Å². The van der Waals surface area contributed by atoms with Gasteiger partial charge in [-0.2, -0.15) is 0 Å². The molecular weight excluding hydrogens is 300 g/mol. The lowest BCUT2D eigenvalue weighted by Crippen LogP contribution is -2.42. The van der Waals surface area contributed by atoms with Crippen molar-refractivity contribution in [3.8, 4) is 0 Å². The number of aliphatic hydroxyl groups is 1. The minimum Gasteiger partial charge on any atom is -0.390 e. The summed E-state index contributed by atoms with van der Waals surface area (Å²) in [7, 11) is 1.00. The highest BCUT2D eigenvalue weighted by molar-refractivity contribution is 7.91. The molecule has 0 radical (unpaired) electrons. The molecule has 1 heterocycles. The lowest BCUT2D eigenvalue weighted by molar-refractivity contribution is 0.0778. The summed E-state index contributed by atoms with van der Waals surface area (Å²) >= 11 is 0. The van der Waals surface area contributed by atoms with Crippen molar-refractivity contribution >= 4 is 9.84 Å². The van der Waals surface area contributed by atoms with E-state index in [0.29, 0.717) is 19.5 Å². The molecule has 6 heteroatoms. The zero-order valence-corrected chi connectivity index (χ0v) is 14.2. The van der Waals surface area contributed by atoms with Gasteiger partial charge in [0.2, 0.25) is 0 Å². The van der Waals surface area contributed by atoms with E-state index in [0.717, 1.165) is 6.54 Å². The largest absolute Gasteiger partial charge is 0.390 e. The number of benzene rings is 1. The number of aliphatic hydroxyl groups excluding tert-OH is 1. The van der Waals surface area contributed by atoms with Gasteiger partial charge in [0.1, 0.15) is 0 Å². The summed E-state index contributed by atoms with van der Waals surface area (Å²) in [5.41, 5.74) is 1.22. The Morgan fingerprint density at radius 1 is 1.23 bits per heavy atom. The predicted octanol–water partition coefficient (Wildman–Crippen LogP) is 0.598. The summed E-state index contributed by atoms with van der Waals surface area (Å²) in [5.74, 6) is 0.488. The van der Waals surface area contributed by atoms with Gasteiger partial charge in [-0.05, 0) is 26.1 Å². The Morgan fingerprint density at radius 2 is 1.91 bits per heavy atom. The van der Waals surface area contributed by atoms with Crippen LogP contribution in [0, 0.1) is 0 Å². The van der Waals surface area contributed by atoms with Crippen LogP contribution < -0.4 is 0 Å². The van der Waals surface area contributed by atoms with Crippen LogP contribution in [0.25, 0.3) is 0 Å². The molecule has 2 atom stereocenters. The van der Waals surface area contributed by atoms with Gasteiger partial charge in [0.25, 0.3) is 0 Å². The van der Waals surface area contributed by atoms with E-state index in [4.69, 9.17) is 0 Å². The van der Waals surface area contributed by atoms with E-state index in [1.165, 1.54) is 5.56 Å². The quantitative estimate of drug-likeness (QED) is 0.795. The number of hydrogen-bond donors (Lipinski definition) is 1. The first-order valence-corrected chi connectivity index (χ1v) is 9.49. The van der Waals surface area contributed by atoms with Crippen molar-refractivity contribution in [1.29, 1.82) is 0 Å². The van der Waals surface area contributed by atoms with E-state index in [1.54, 1.807) is 0 Å². The highest BCUT2D eigenvalue weighted by Crippen LogP contribution is 2.16. The molecule has 2 unspecified atom stereocenters. The van der Waals surface area contributed by atoms with Crippen LogP contribution in [-0.2, 0) is 16.4 Å². The first kappa shape index (κ1) is 17.4. The zero-order chi connectivity index (χ0) is 16.2. The number of rotatable bonds is 7. The Balaban J connectivity index is 1.76. The van der Waals surface area contributed by atoms with Crippen molar-refractivity contribution in [3.63, 3.8) is 0 Å². The van der Waals surface area contributed by atoms with Crippen molar-refractivity contribution < 1.29 is 13.5 Å². The van der Waals surface area contributed by atoms with E-state index in [2.05, 4.69) is 17.0 Å². The second-order valence-corrected chi connectivity index (χ2v) is 8.56. The van der Waals surface area contributed by atoms with Crippen LogP contribution in [0.4, 0.5) is 0 Å². The van der Waals surface area contributed by atoms with Gasteiger partial charge in [-0.3, -0.25) is 9.80 Å². The van der Waals surface area contributed by atoms with Gasteiger partial charge in [0, 0.05) is 25.7 Å². The molecule has 2 rings (SSSR count). The minimum absolute atomic E-state index is 0.0408. The van der Waals surface area contributed by atoms with Crippen LogP contribution in [0.1, 0.15) is 12.0 Å². The zero-order valence-electron chi connectivity index (χ0n) is 13.4. The summed E-state index contributed by atoms with van der Waals surface area (Å²) in [6.45, 7) is 1.86. The van der Waals surface area contributed by atoms with Crippen LogP contribution in [-0.4, -0.2) is 74.2 Å². The van der Waals surface area contributed by atoms with Crippen molar-refractivity contribution in [2.24, 2.45) is 0 Å².